The number of hydrogen-bond donors (Lipinski definition) is 1. The highest BCUT2D eigenvalue weighted by Gasteiger charge is 2.31. The summed E-state index contributed by atoms with van der Waals surface area (Å²) < 4.78 is 0. The van der Waals surface area contributed by atoms with Gasteiger partial charge in [0, 0.05) is 81.6 Å². The molecule has 0 radical (unpaired) electrons. The van der Waals surface area contributed by atoms with Gasteiger partial charge in [0.2, 0.25) is 5.91 Å². The molecule has 3 fully saturated rings. The van der Waals surface area contributed by atoms with E-state index in [-0.39, 0.29) is 23.6 Å². The fourth-order valence-electron chi connectivity index (χ4n) is 6.02. The van der Waals surface area contributed by atoms with E-state index < -0.39 is 0 Å². The van der Waals surface area contributed by atoms with Crippen LogP contribution in [0, 0.1) is 5.92 Å². The van der Waals surface area contributed by atoms with Gasteiger partial charge in [-0.05, 0) is 82.3 Å². The molecule has 3 saturated heterocycles. The first-order chi connectivity index (χ1) is 19.4. The fraction of sp³-hybridized carbons (Fsp3) is 0.548. The Morgan fingerprint density at radius 2 is 1.32 bits per heavy atom. The summed E-state index contributed by atoms with van der Waals surface area (Å²) in [6.45, 7) is 9.80. The number of carbonyl (C=O) groups excluding carboxylic acids is 3. The van der Waals surface area contributed by atoms with Crippen LogP contribution >= 0.6 is 0 Å². The van der Waals surface area contributed by atoms with Crippen molar-refractivity contribution in [2.75, 3.05) is 62.6 Å². The molecule has 0 unspecified atom stereocenters. The van der Waals surface area contributed by atoms with E-state index in [0.717, 1.165) is 50.3 Å². The number of hydrogen-bond acceptors (Lipinski definition) is 6. The number of nitrogens with zero attached hydrogens (tertiary/aromatic N) is 5. The number of nitrogens with one attached hydrogen (secondary N) is 1. The molecule has 0 spiro atoms. The number of aromatic nitrogens is 1. The molecule has 5 rings (SSSR count). The van der Waals surface area contributed by atoms with Gasteiger partial charge in [0.1, 0.15) is 0 Å². The first-order valence-corrected chi connectivity index (χ1v) is 14.8. The lowest BCUT2D eigenvalue weighted by Crippen LogP contribution is -2.49. The summed E-state index contributed by atoms with van der Waals surface area (Å²) in [4.78, 5) is 51.8. The molecule has 4 heterocycles. The van der Waals surface area contributed by atoms with Gasteiger partial charge in [0.05, 0.1) is 5.69 Å². The molecular weight excluding hydrogens is 504 g/mol. The lowest BCUT2D eigenvalue weighted by atomic mass is 9.94. The van der Waals surface area contributed by atoms with E-state index in [1.807, 2.05) is 26.8 Å². The highest BCUT2D eigenvalue weighted by Crippen LogP contribution is 2.26. The molecule has 9 heteroatoms. The summed E-state index contributed by atoms with van der Waals surface area (Å²) >= 11 is 0. The van der Waals surface area contributed by atoms with Gasteiger partial charge in [-0.3, -0.25) is 14.4 Å². The Morgan fingerprint density at radius 1 is 0.750 bits per heavy atom. The zero-order valence-electron chi connectivity index (χ0n) is 23.8. The average molecular weight is 547 g/mol. The van der Waals surface area contributed by atoms with Gasteiger partial charge in [-0.1, -0.05) is 0 Å². The molecule has 1 N–H and O–H groups in total. The Bertz CT molecular complexity index is 1180. The maximum atomic E-state index is 13.2. The summed E-state index contributed by atoms with van der Waals surface area (Å²) in [6, 6.07) is 11.3. The molecule has 3 amide bonds. The smallest absolute Gasteiger partial charge is 0.253 e. The van der Waals surface area contributed by atoms with E-state index in [9.17, 15) is 14.4 Å². The van der Waals surface area contributed by atoms with Gasteiger partial charge >= 0.3 is 0 Å². The molecule has 2 aromatic rings. The predicted molar refractivity (Wildman–Crippen MR) is 157 cm³/mol. The first kappa shape index (κ1) is 27.9. The Labute approximate surface area is 237 Å². The molecule has 0 bridgehead atoms. The minimum absolute atomic E-state index is 0.0164. The molecule has 0 atom stereocenters. The normalized spacial score (nSPS) is 18.7. The molecule has 3 aliphatic rings. The predicted octanol–water partition coefficient (Wildman–Crippen LogP) is 3.73. The van der Waals surface area contributed by atoms with Crippen molar-refractivity contribution < 1.29 is 14.4 Å². The molecule has 214 valence electrons. The second-order valence-electron chi connectivity index (χ2n) is 11.5. The highest BCUT2D eigenvalue weighted by molar-refractivity contribution is 5.98. The highest BCUT2D eigenvalue weighted by atomic mass is 16.2. The lowest BCUT2D eigenvalue weighted by Gasteiger charge is -2.36. The average Bonchev–Trinajstić information content (AvgIpc) is 3.01. The number of carbonyl (C=O) groups is 3. The van der Waals surface area contributed by atoms with Gasteiger partial charge in [-0.15, -0.1) is 0 Å². The number of piperidine rings is 2. The van der Waals surface area contributed by atoms with Crippen LogP contribution in [0.15, 0.2) is 42.6 Å². The molecule has 1 aromatic carbocycles. The maximum absolute atomic E-state index is 13.2. The third-order valence-electron chi connectivity index (χ3n) is 8.28. The standard InChI is InChI=1S/C31H42N6O3/c1-23(2)33-27-7-6-14-32-28(27)34-19-21-37(22-20-34)30(39)25-10-8-24(9-11-25)29(38)36-17-12-26(13-18-36)31(40)35-15-4-3-5-16-35/h6-11,14,23,26,33H,3-5,12-13,15-22H2,1-2H3. The van der Waals surface area contributed by atoms with E-state index in [2.05, 4.69) is 29.0 Å². The summed E-state index contributed by atoms with van der Waals surface area (Å²) in [5.74, 6) is 1.17. The van der Waals surface area contributed by atoms with Crippen LogP contribution in [-0.4, -0.2) is 95.8 Å². The third kappa shape index (κ3) is 6.40. The fourth-order valence-corrected chi connectivity index (χ4v) is 6.02. The molecule has 0 aliphatic carbocycles. The van der Waals surface area contributed by atoms with Crippen molar-refractivity contribution in [3.05, 3.63) is 53.7 Å². The zero-order valence-corrected chi connectivity index (χ0v) is 23.8. The van der Waals surface area contributed by atoms with Crippen LogP contribution in [0.5, 0.6) is 0 Å². The number of anilines is 2. The summed E-state index contributed by atoms with van der Waals surface area (Å²) in [7, 11) is 0. The molecule has 1 aromatic heterocycles. The van der Waals surface area contributed by atoms with Crippen LogP contribution in [-0.2, 0) is 4.79 Å². The summed E-state index contributed by atoms with van der Waals surface area (Å²) in [5.41, 5.74) is 2.19. The number of pyridine rings is 1. The van der Waals surface area contributed by atoms with Gasteiger partial charge in [-0.2, -0.15) is 0 Å². The van der Waals surface area contributed by atoms with Crippen LogP contribution in [0.2, 0.25) is 0 Å². The molecule has 0 saturated carbocycles. The van der Waals surface area contributed by atoms with Crippen molar-refractivity contribution in [2.45, 2.75) is 52.0 Å². The molecule has 3 aliphatic heterocycles. The van der Waals surface area contributed by atoms with Crippen molar-refractivity contribution >= 4 is 29.2 Å². The van der Waals surface area contributed by atoms with Crippen LogP contribution in [0.3, 0.4) is 0 Å². The minimum atomic E-state index is -0.0299. The number of rotatable bonds is 6. The second-order valence-corrected chi connectivity index (χ2v) is 11.5. The summed E-state index contributed by atoms with van der Waals surface area (Å²) in [5, 5.41) is 3.46. The van der Waals surface area contributed by atoms with E-state index in [4.69, 9.17) is 0 Å². The Hall–Kier alpha value is -3.62. The van der Waals surface area contributed by atoms with Crippen molar-refractivity contribution in [3.63, 3.8) is 0 Å². The van der Waals surface area contributed by atoms with Crippen LogP contribution in [0.1, 0.15) is 66.7 Å². The topological polar surface area (TPSA) is 89.1 Å². The van der Waals surface area contributed by atoms with Crippen LogP contribution < -0.4 is 10.2 Å². The Kier molecular flexibility index (Phi) is 8.87. The lowest BCUT2D eigenvalue weighted by molar-refractivity contribution is -0.137. The molecular formula is C31H42N6O3. The molecule has 9 nitrogen and oxygen atoms in total. The van der Waals surface area contributed by atoms with E-state index in [0.29, 0.717) is 56.4 Å². The number of amides is 3. The SMILES string of the molecule is CC(C)Nc1cccnc1N1CCN(C(=O)c2ccc(C(=O)N3CCC(C(=O)N4CCCCC4)CC3)cc2)CC1. The third-order valence-corrected chi connectivity index (χ3v) is 8.28. The van der Waals surface area contributed by atoms with E-state index >= 15 is 0 Å². The van der Waals surface area contributed by atoms with Crippen molar-refractivity contribution in [1.82, 2.24) is 19.7 Å². The zero-order chi connectivity index (χ0) is 28.1. The molecule has 40 heavy (non-hydrogen) atoms. The van der Waals surface area contributed by atoms with Crippen LogP contribution in [0.25, 0.3) is 0 Å². The van der Waals surface area contributed by atoms with Crippen LogP contribution in [0.4, 0.5) is 11.5 Å². The number of benzene rings is 1. The monoisotopic (exact) mass is 546 g/mol. The quantitative estimate of drug-likeness (QED) is 0.594. The van der Waals surface area contributed by atoms with Gasteiger partial charge in [0.15, 0.2) is 5.82 Å². The van der Waals surface area contributed by atoms with Crippen molar-refractivity contribution in [3.8, 4) is 0 Å². The van der Waals surface area contributed by atoms with E-state index in [1.54, 1.807) is 30.5 Å². The van der Waals surface area contributed by atoms with E-state index in [1.165, 1.54) is 6.42 Å². The van der Waals surface area contributed by atoms with Crippen molar-refractivity contribution in [2.24, 2.45) is 5.92 Å². The van der Waals surface area contributed by atoms with Gasteiger partial charge in [-0.25, -0.2) is 4.98 Å². The Morgan fingerprint density at radius 3 is 1.90 bits per heavy atom. The summed E-state index contributed by atoms with van der Waals surface area (Å²) in [6.07, 6.45) is 6.65. The maximum Gasteiger partial charge on any atom is 0.253 e. The largest absolute Gasteiger partial charge is 0.380 e. The number of likely N-dealkylation sites (tertiary alicyclic amines) is 2. The first-order valence-electron chi connectivity index (χ1n) is 14.8. The van der Waals surface area contributed by atoms with Gasteiger partial charge < -0.3 is 24.9 Å². The van der Waals surface area contributed by atoms with Crippen molar-refractivity contribution in [1.29, 1.82) is 0 Å². The second kappa shape index (κ2) is 12.7. The minimum Gasteiger partial charge on any atom is -0.380 e. The van der Waals surface area contributed by atoms with Gasteiger partial charge in [0.25, 0.3) is 11.8 Å². The Balaban J connectivity index is 1.12. The number of piperazine rings is 1.